The molecule has 28 heavy (non-hydrogen) atoms. The van der Waals surface area contributed by atoms with E-state index in [0.717, 1.165) is 32.4 Å². The maximum absolute atomic E-state index is 12.8. The van der Waals surface area contributed by atoms with Crippen LogP contribution in [0.3, 0.4) is 0 Å². The smallest absolute Gasteiger partial charge is 0.317 e. The van der Waals surface area contributed by atoms with Gasteiger partial charge in [-0.05, 0) is 51.9 Å². The van der Waals surface area contributed by atoms with Gasteiger partial charge < -0.3 is 19.9 Å². The summed E-state index contributed by atoms with van der Waals surface area (Å²) < 4.78 is 10.5. The first-order chi connectivity index (χ1) is 13.3. The Balaban J connectivity index is 1.97. The van der Waals surface area contributed by atoms with Gasteiger partial charge in [0.15, 0.2) is 0 Å². The lowest BCUT2D eigenvalue weighted by Crippen LogP contribution is -2.43. The van der Waals surface area contributed by atoms with Crippen LogP contribution in [-0.4, -0.2) is 79.8 Å². The highest BCUT2D eigenvalue weighted by molar-refractivity contribution is 5.96. The number of likely N-dealkylation sites (N-methyl/N-ethyl adjacent to an activating group) is 1. The average Bonchev–Trinajstić information content (AvgIpc) is 2.93. The summed E-state index contributed by atoms with van der Waals surface area (Å²) in [5.74, 6) is 0.295. The zero-order valence-corrected chi connectivity index (χ0v) is 17.1. The molecule has 0 aromatic heterocycles. The van der Waals surface area contributed by atoms with Crippen LogP contribution in [-0.2, 0) is 9.59 Å². The normalized spacial score (nSPS) is 19.0. The Morgan fingerprint density at radius 1 is 1.29 bits per heavy atom. The summed E-state index contributed by atoms with van der Waals surface area (Å²) in [6.45, 7) is 3.50. The van der Waals surface area contributed by atoms with Gasteiger partial charge in [0.25, 0.3) is 0 Å². The molecule has 0 spiro atoms. The molecule has 2 N–H and O–H groups in total. The molecule has 156 valence electrons. The Morgan fingerprint density at radius 2 is 2.04 bits per heavy atom. The van der Waals surface area contributed by atoms with Gasteiger partial charge in [-0.3, -0.25) is 19.4 Å². The summed E-state index contributed by atoms with van der Waals surface area (Å²) in [4.78, 5) is 27.8. The van der Waals surface area contributed by atoms with E-state index in [1.54, 1.807) is 32.4 Å². The molecule has 8 nitrogen and oxygen atoms in total. The lowest BCUT2D eigenvalue weighted by molar-refractivity contribution is -0.138. The molecule has 2 unspecified atom stereocenters. The molecule has 1 aromatic rings. The summed E-state index contributed by atoms with van der Waals surface area (Å²) in [5, 5.41) is 11.9. The van der Waals surface area contributed by atoms with E-state index in [1.807, 2.05) is 18.9 Å². The number of hydrogen-bond donors (Lipinski definition) is 2. The molecule has 1 amide bonds. The number of carboxylic acid groups (broad SMARTS) is 1. The van der Waals surface area contributed by atoms with Crippen molar-refractivity contribution in [3.63, 3.8) is 0 Å². The Bertz CT molecular complexity index is 682. The fourth-order valence-corrected chi connectivity index (χ4v) is 3.58. The van der Waals surface area contributed by atoms with Crippen molar-refractivity contribution in [1.82, 2.24) is 9.80 Å². The number of nitrogens with zero attached hydrogens (tertiary/aromatic N) is 2. The summed E-state index contributed by atoms with van der Waals surface area (Å²) >= 11 is 0. The number of carbonyl (C=O) groups excluding carboxylic acids is 1. The van der Waals surface area contributed by atoms with Crippen LogP contribution in [0.2, 0.25) is 0 Å². The number of methoxy groups -OCH3 is 2. The molecule has 0 radical (unpaired) electrons. The Morgan fingerprint density at radius 3 is 2.68 bits per heavy atom. The minimum absolute atomic E-state index is 0.0397. The number of benzene rings is 1. The van der Waals surface area contributed by atoms with Crippen molar-refractivity contribution >= 4 is 17.6 Å². The largest absolute Gasteiger partial charge is 0.497 e. The van der Waals surface area contributed by atoms with E-state index in [9.17, 15) is 9.59 Å². The van der Waals surface area contributed by atoms with Gasteiger partial charge in [-0.1, -0.05) is 0 Å². The Kier molecular flexibility index (Phi) is 8.07. The summed E-state index contributed by atoms with van der Waals surface area (Å²) in [7, 11) is 4.98. The molecular formula is C20H31N3O5. The third-order valence-corrected chi connectivity index (χ3v) is 5.33. The van der Waals surface area contributed by atoms with Crippen molar-refractivity contribution < 1.29 is 24.2 Å². The molecule has 1 aliphatic rings. The van der Waals surface area contributed by atoms with Gasteiger partial charge in [-0.2, -0.15) is 0 Å². The molecule has 1 saturated heterocycles. The third-order valence-electron chi connectivity index (χ3n) is 5.33. The van der Waals surface area contributed by atoms with Crippen LogP contribution in [0, 0.1) is 0 Å². The van der Waals surface area contributed by atoms with Gasteiger partial charge in [0.1, 0.15) is 11.5 Å². The lowest BCUT2D eigenvalue weighted by atomic mass is 10.1. The van der Waals surface area contributed by atoms with Gasteiger partial charge in [0, 0.05) is 18.7 Å². The average molecular weight is 393 g/mol. The molecule has 2 rings (SSSR count). The number of rotatable bonds is 8. The number of likely N-dealkylation sites (tertiary alicyclic amines) is 1. The first kappa shape index (κ1) is 22.0. The lowest BCUT2D eigenvalue weighted by Gasteiger charge is -2.28. The van der Waals surface area contributed by atoms with Crippen LogP contribution >= 0.6 is 0 Å². The second-order valence-corrected chi connectivity index (χ2v) is 7.16. The summed E-state index contributed by atoms with van der Waals surface area (Å²) in [5.41, 5.74) is 0.606. The van der Waals surface area contributed by atoms with Gasteiger partial charge in [0.05, 0.1) is 32.5 Å². The molecule has 1 aliphatic heterocycles. The van der Waals surface area contributed by atoms with Crippen molar-refractivity contribution in [2.24, 2.45) is 0 Å². The maximum Gasteiger partial charge on any atom is 0.317 e. The number of nitrogens with one attached hydrogen (secondary N) is 1. The molecule has 0 bridgehead atoms. The van der Waals surface area contributed by atoms with E-state index in [1.165, 1.54) is 0 Å². The van der Waals surface area contributed by atoms with Crippen LogP contribution in [0.15, 0.2) is 18.2 Å². The predicted octanol–water partition coefficient (Wildman–Crippen LogP) is 1.90. The standard InChI is InChI=1S/C20H31N3O5/c1-14(20(26)21-17-8-7-16(27-3)12-18(17)28-4)23-10-5-6-15(9-11-23)22(2)13-19(24)25/h7-8,12,14-15H,5-6,9-11,13H2,1-4H3,(H,21,26)(H,24,25). The predicted molar refractivity (Wildman–Crippen MR) is 107 cm³/mol. The van der Waals surface area contributed by atoms with Crippen molar-refractivity contribution in [2.45, 2.75) is 38.3 Å². The third kappa shape index (κ3) is 5.84. The molecule has 2 atom stereocenters. The molecule has 0 saturated carbocycles. The molecule has 8 heteroatoms. The topological polar surface area (TPSA) is 91.3 Å². The number of carbonyl (C=O) groups is 2. The minimum Gasteiger partial charge on any atom is -0.497 e. The number of aliphatic carboxylic acids is 1. The fraction of sp³-hybridized carbons (Fsp3) is 0.600. The number of carboxylic acids is 1. The first-order valence-electron chi connectivity index (χ1n) is 9.54. The summed E-state index contributed by atoms with van der Waals surface area (Å²) in [6, 6.07) is 5.20. The maximum atomic E-state index is 12.8. The SMILES string of the molecule is COc1ccc(NC(=O)C(C)N2CCCC(N(C)CC(=O)O)CC2)c(OC)c1. The Labute approximate surface area is 166 Å². The molecule has 0 aliphatic carbocycles. The van der Waals surface area contributed by atoms with E-state index in [4.69, 9.17) is 14.6 Å². The van der Waals surface area contributed by atoms with Gasteiger partial charge in [-0.15, -0.1) is 0 Å². The first-order valence-corrected chi connectivity index (χ1v) is 9.54. The van der Waals surface area contributed by atoms with E-state index >= 15 is 0 Å². The van der Waals surface area contributed by atoms with E-state index < -0.39 is 5.97 Å². The Hall–Kier alpha value is -2.32. The zero-order valence-electron chi connectivity index (χ0n) is 17.1. The number of anilines is 1. The molecule has 1 aromatic carbocycles. The molecule has 1 heterocycles. The van der Waals surface area contributed by atoms with Crippen LogP contribution in [0.5, 0.6) is 11.5 Å². The van der Waals surface area contributed by atoms with Gasteiger partial charge >= 0.3 is 5.97 Å². The van der Waals surface area contributed by atoms with Gasteiger partial charge in [-0.25, -0.2) is 0 Å². The second kappa shape index (κ2) is 10.3. The highest BCUT2D eigenvalue weighted by Crippen LogP contribution is 2.29. The summed E-state index contributed by atoms with van der Waals surface area (Å²) in [6.07, 6.45) is 2.70. The van der Waals surface area contributed by atoms with E-state index in [0.29, 0.717) is 17.2 Å². The monoisotopic (exact) mass is 393 g/mol. The van der Waals surface area contributed by atoms with Crippen LogP contribution < -0.4 is 14.8 Å². The number of hydrogen-bond acceptors (Lipinski definition) is 6. The molecular weight excluding hydrogens is 362 g/mol. The highest BCUT2D eigenvalue weighted by Gasteiger charge is 2.27. The zero-order chi connectivity index (χ0) is 20.7. The van der Waals surface area contributed by atoms with Gasteiger partial charge in [0.2, 0.25) is 5.91 Å². The van der Waals surface area contributed by atoms with Crippen molar-refractivity contribution in [2.75, 3.05) is 46.2 Å². The van der Waals surface area contributed by atoms with Crippen molar-refractivity contribution in [1.29, 1.82) is 0 Å². The number of amides is 1. The number of ether oxygens (including phenoxy) is 2. The van der Waals surface area contributed by atoms with E-state index in [-0.39, 0.29) is 24.5 Å². The van der Waals surface area contributed by atoms with Crippen molar-refractivity contribution in [3.8, 4) is 11.5 Å². The van der Waals surface area contributed by atoms with Crippen LogP contribution in [0.25, 0.3) is 0 Å². The highest BCUT2D eigenvalue weighted by atomic mass is 16.5. The minimum atomic E-state index is -0.815. The van der Waals surface area contributed by atoms with Crippen molar-refractivity contribution in [3.05, 3.63) is 18.2 Å². The fourth-order valence-electron chi connectivity index (χ4n) is 3.58. The van der Waals surface area contributed by atoms with Crippen LogP contribution in [0.1, 0.15) is 26.2 Å². The quantitative estimate of drug-likeness (QED) is 0.697. The second-order valence-electron chi connectivity index (χ2n) is 7.16. The van der Waals surface area contributed by atoms with Crippen LogP contribution in [0.4, 0.5) is 5.69 Å². The molecule has 1 fully saturated rings. The van der Waals surface area contributed by atoms with E-state index in [2.05, 4.69) is 10.2 Å².